The number of rotatable bonds is 2. The minimum absolute atomic E-state index is 0.103. The smallest absolute Gasteiger partial charge is 0.157 e. The van der Waals surface area contributed by atoms with E-state index in [1.54, 1.807) is 12.3 Å². The Morgan fingerprint density at radius 1 is 1.31 bits per heavy atom. The zero-order valence-electron chi connectivity index (χ0n) is 9.38. The molecule has 0 amide bonds. The summed E-state index contributed by atoms with van der Waals surface area (Å²) >= 11 is 0. The van der Waals surface area contributed by atoms with Crippen molar-refractivity contribution in [2.75, 3.05) is 5.73 Å². The molecule has 0 bridgehead atoms. The highest BCUT2D eigenvalue weighted by Crippen LogP contribution is 2.20. The van der Waals surface area contributed by atoms with E-state index in [1.807, 2.05) is 26.0 Å². The predicted molar refractivity (Wildman–Crippen MR) is 63.7 cm³/mol. The Labute approximate surface area is 94.1 Å². The minimum Gasteiger partial charge on any atom is -0.399 e. The molecule has 0 fully saturated rings. The monoisotopic (exact) mass is 217 g/mol. The largest absolute Gasteiger partial charge is 0.399 e. The van der Waals surface area contributed by atoms with Gasteiger partial charge in [0.05, 0.1) is 5.52 Å². The Bertz CT molecular complexity index is 511. The van der Waals surface area contributed by atoms with Gasteiger partial charge < -0.3 is 10.8 Å². The number of fused-ring (bicyclic) bond motifs is 1. The molecular formula is C12H15N3O. The molecule has 0 unspecified atom stereocenters. The van der Waals surface area contributed by atoms with E-state index in [4.69, 9.17) is 5.73 Å². The lowest BCUT2D eigenvalue weighted by Gasteiger charge is -2.12. The van der Waals surface area contributed by atoms with Crippen LogP contribution in [0.4, 0.5) is 5.69 Å². The first-order chi connectivity index (χ1) is 7.58. The third-order valence-corrected chi connectivity index (χ3v) is 2.52. The van der Waals surface area contributed by atoms with Crippen LogP contribution < -0.4 is 5.73 Å². The molecule has 0 aliphatic rings. The molecule has 84 valence electrons. The van der Waals surface area contributed by atoms with E-state index in [0.29, 0.717) is 11.5 Å². The van der Waals surface area contributed by atoms with Crippen molar-refractivity contribution >= 4 is 16.6 Å². The number of nitrogens with two attached hydrogens (primary N) is 1. The van der Waals surface area contributed by atoms with Crippen molar-refractivity contribution < 1.29 is 5.11 Å². The minimum atomic E-state index is -0.623. The van der Waals surface area contributed by atoms with Gasteiger partial charge in [0.1, 0.15) is 6.10 Å². The SMILES string of the molecule is CC(C)[C@H](O)c1ncc2cc(N)ccc2n1. The van der Waals surface area contributed by atoms with Crippen LogP contribution in [0.15, 0.2) is 24.4 Å². The van der Waals surface area contributed by atoms with Crippen LogP contribution in [0, 0.1) is 5.92 Å². The number of aliphatic hydroxyl groups excluding tert-OH is 1. The van der Waals surface area contributed by atoms with Crippen molar-refractivity contribution in [2.45, 2.75) is 20.0 Å². The molecule has 0 aliphatic carbocycles. The highest BCUT2D eigenvalue weighted by Gasteiger charge is 2.15. The van der Waals surface area contributed by atoms with Gasteiger partial charge in [-0.05, 0) is 24.1 Å². The van der Waals surface area contributed by atoms with Crippen LogP contribution in [0.2, 0.25) is 0 Å². The second-order valence-electron chi connectivity index (χ2n) is 4.24. The van der Waals surface area contributed by atoms with Crippen LogP contribution in [-0.2, 0) is 0 Å². The second-order valence-corrected chi connectivity index (χ2v) is 4.24. The summed E-state index contributed by atoms with van der Waals surface area (Å²) in [6.45, 7) is 3.86. The molecule has 0 spiro atoms. The van der Waals surface area contributed by atoms with Gasteiger partial charge in [0, 0.05) is 17.3 Å². The van der Waals surface area contributed by atoms with E-state index in [9.17, 15) is 5.11 Å². The van der Waals surface area contributed by atoms with Gasteiger partial charge in [-0.25, -0.2) is 9.97 Å². The number of aromatic nitrogens is 2. The van der Waals surface area contributed by atoms with Gasteiger partial charge in [0.25, 0.3) is 0 Å². The normalized spacial score (nSPS) is 13.2. The number of nitrogen functional groups attached to an aromatic ring is 1. The van der Waals surface area contributed by atoms with Crippen molar-refractivity contribution in [3.8, 4) is 0 Å². The Hall–Kier alpha value is -1.68. The summed E-state index contributed by atoms with van der Waals surface area (Å²) in [5.74, 6) is 0.568. The van der Waals surface area contributed by atoms with E-state index in [1.165, 1.54) is 0 Å². The highest BCUT2D eigenvalue weighted by atomic mass is 16.3. The fourth-order valence-electron chi connectivity index (χ4n) is 1.51. The Morgan fingerprint density at radius 3 is 2.75 bits per heavy atom. The number of aliphatic hydroxyl groups is 1. The summed E-state index contributed by atoms with van der Waals surface area (Å²) in [6.07, 6.45) is 1.07. The first kappa shape index (κ1) is 10.8. The fourth-order valence-corrected chi connectivity index (χ4v) is 1.51. The van der Waals surface area contributed by atoms with E-state index in [0.717, 1.165) is 10.9 Å². The lowest BCUT2D eigenvalue weighted by atomic mass is 10.1. The molecule has 2 rings (SSSR count). The molecule has 1 heterocycles. The number of nitrogens with zero attached hydrogens (tertiary/aromatic N) is 2. The third-order valence-electron chi connectivity index (χ3n) is 2.52. The van der Waals surface area contributed by atoms with E-state index >= 15 is 0 Å². The quantitative estimate of drug-likeness (QED) is 0.753. The van der Waals surface area contributed by atoms with E-state index < -0.39 is 6.10 Å². The second kappa shape index (κ2) is 4.06. The molecular weight excluding hydrogens is 202 g/mol. The van der Waals surface area contributed by atoms with Gasteiger partial charge in [-0.1, -0.05) is 13.8 Å². The number of hydrogen-bond acceptors (Lipinski definition) is 4. The van der Waals surface area contributed by atoms with Crippen LogP contribution in [0.3, 0.4) is 0 Å². The summed E-state index contributed by atoms with van der Waals surface area (Å²) in [5.41, 5.74) is 7.16. The molecule has 16 heavy (non-hydrogen) atoms. The summed E-state index contributed by atoms with van der Waals surface area (Å²) in [5, 5.41) is 10.8. The predicted octanol–water partition coefficient (Wildman–Crippen LogP) is 1.90. The molecule has 1 atom stereocenters. The molecule has 3 N–H and O–H groups in total. The summed E-state index contributed by atoms with van der Waals surface area (Å²) < 4.78 is 0. The number of benzene rings is 1. The maximum absolute atomic E-state index is 9.86. The van der Waals surface area contributed by atoms with Crippen molar-refractivity contribution in [1.82, 2.24) is 9.97 Å². The molecule has 1 aromatic heterocycles. The molecule has 0 radical (unpaired) electrons. The molecule has 0 aliphatic heterocycles. The lowest BCUT2D eigenvalue weighted by molar-refractivity contribution is 0.118. The standard InChI is InChI=1S/C12H15N3O/c1-7(2)11(16)12-14-6-8-5-9(13)3-4-10(8)15-12/h3-7,11,16H,13H2,1-2H3/t11-/m0/s1. The van der Waals surface area contributed by atoms with Crippen molar-refractivity contribution in [2.24, 2.45) is 5.92 Å². The Balaban J connectivity index is 2.48. The van der Waals surface area contributed by atoms with Gasteiger partial charge in [0.15, 0.2) is 5.82 Å². The number of anilines is 1. The van der Waals surface area contributed by atoms with Gasteiger partial charge in [-0.15, -0.1) is 0 Å². The van der Waals surface area contributed by atoms with Crippen LogP contribution >= 0.6 is 0 Å². The maximum Gasteiger partial charge on any atom is 0.157 e. The molecule has 0 saturated heterocycles. The maximum atomic E-state index is 9.86. The van der Waals surface area contributed by atoms with Gasteiger partial charge in [0.2, 0.25) is 0 Å². The van der Waals surface area contributed by atoms with Crippen molar-refractivity contribution in [3.63, 3.8) is 0 Å². The van der Waals surface area contributed by atoms with Gasteiger partial charge >= 0.3 is 0 Å². The van der Waals surface area contributed by atoms with Crippen LogP contribution in [0.5, 0.6) is 0 Å². The zero-order chi connectivity index (χ0) is 11.7. The number of hydrogen-bond donors (Lipinski definition) is 2. The average molecular weight is 217 g/mol. The topological polar surface area (TPSA) is 72.0 Å². The first-order valence-corrected chi connectivity index (χ1v) is 5.28. The molecule has 2 aromatic rings. The van der Waals surface area contributed by atoms with Gasteiger partial charge in [-0.2, -0.15) is 0 Å². The summed E-state index contributed by atoms with van der Waals surface area (Å²) in [6, 6.07) is 5.45. The lowest BCUT2D eigenvalue weighted by Crippen LogP contribution is -2.09. The van der Waals surface area contributed by atoms with Crippen LogP contribution in [-0.4, -0.2) is 15.1 Å². The molecule has 0 saturated carbocycles. The van der Waals surface area contributed by atoms with E-state index in [2.05, 4.69) is 9.97 Å². The van der Waals surface area contributed by atoms with Crippen molar-refractivity contribution in [3.05, 3.63) is 30.2 Å². The highest BCUT2D eigenvalue weighted by molar-refractivity contribution is 5.80. The Kier molecular flexibility index (Phi) is 2.75. The fraction of sp³-hybridized carbons (Fsp3) is 0.333. The summed E-state index contributed by atoms with van der Waals surface area (Å²) in [4.78, 5) is 8.47. The zero-order valence-corrected chi connectivity index (χ0v) is 9.38. The average Bonchev–Trinajstić information content (AvgIpc) is 2.27. The molecule has 4 nitrogen and oxygen atoms in total. The summed E-state index contributed by atoms with van der Waals surface area (Å²) in [7, 11) is 0. The van der Waals surface area contributed by atoms with Crippen LogP contribution in [0.25, 0.3) is 10.9 Å². The third kappa shape index (κ3) is 1.97. The Morgan fingerprint density at radius 2 is 2.06 bits per heavy atom. The molecule has 1 aromatic carbocycles. The van der Waals surface area contributed by atoms with Gasteiger partial charge in [-0.3, -0.25) is 0 Å². The van der Waals surface area contributed by atoms with Crippen LogP contribution in [0.1, 0.15) is 25.8 Å². The van der Waals surface area contributed by atoms with E-state index in [-0.39, 0.29) is 5.92 Å². The first-order valence-electron chi connectivity index (χ1n) is 5.28. The molecule has 4 heteroatoms. The van der Waals surface area contributed by atoms with Crippen molar-refractivity contribution in [1.29, 1.82) is 0 Å².